The molecule has 0 spiro atoms. The van der Waals surface area contributed by atoms with E-state index in [0.29, 0.717) is 17.8 Å². The van der Waals surface area contributed by atoms with Crippen LogP contribution in [0, 0.1) is 5.92 Å². The molecule has 0 aromatic carbocycles. The molecule has 4 N–H and O–H groups in total. The maximum Gasteiger partial charge on any atom is 0.145 e. The van der Waals surface area contributed by atoms with E-state index < -0.39 is 0 Å². The number of rotatable bonds is 5. The van der Waals surface area contributed by atoms with E-state index in [2.05, 4.69) is 41.5 Å². The first-order valence-electron chi connectivity index (χ1n) is 5.17. The maximum atomic E-state index is 5.26. The molecule has 1 heterocycles. The second-order valence-electron chi connectivity index (χ2n) is 4.11. The third-order valence-corrected chi connectivity index (χ3v) is 2.03. The minimum Gasteiger partial charge on any atom is -0.367 e. The van der Waals surface area contributed by atoms with Crippen LogP contribution in [0.15, 0.2) is 12.4 Å². The summed E-state index contributed by atoms with van der Waals surface area (Å²) in [7, 11) is 0. The number of hydrazine groups is 1. The third kappa shape index (κ3) is 4.12. The Morgan fingerprint density at radius 1 is 1.27 bits per heavy atom. The molecular weight excluding hydrogens is 190 g/mol. The van der Waals surface area contributed by atoms with Crippen molar-refractivity contribution in [1.82, 2.24) is 9.97 Å². The van der Waals surface area contributed by atoms with Crippen LogP contribution >= 0.6 is 0 Å². The first-order valence-corrected chi connectivity index (χ1v) is 5.17. The lowest BCUT2D eigenvalue weighted by molar-refractivity contribution is 0.539. The zero-order chi connectivity index (χ0) is 11.3. The zero-order valence-electron chi connectivity index (χ0n) is 9.49. The van der Waals surface area contributed by atoms with Gasteiger partial charge >= 0.3 is 0 Å². The molecule has 0 radical (unpaired) electrons. The van der Waals surface area contributed by atoms with Crippen LogP contribution in [0.2, 0.25) is 0 Å². The van der Waals surface area contributed by atoms with Crippen LogP contribution in [-0.2, 0) is 0 Å². The van der Waals surface area contributed by atoms with Gasteiger partial charge in [-0.2, -0.15) is 0 Å². The highest BCUT2D eigenvalue weighted by Gasteiger charge is 2.05. The fourth-order valence-corrected chi connectivity index (χ4v) is 1.53. The summed E-state index contributed by atoms with van der Waals surface area (Å²) in [5, 5.41) is 3.30. The van der Waals surface area contributed by atoms with Gasteiger partial charge in [-0.25, -0.2) is 15.8 Å². The molecule has 0 bridgehead atoms. The highest BCUT2D eigenvalue weighted by atomic mass is 15.3. The Kier molecular flexibility index (Phi) is 4.30. The molecule has 0 aliphatic rings. The molecule has 1 aromatic heterocycles. The Hall–Kier alpha value is -1.36. The van der Waals surface area contributed by atoms with E-state index >= 15 is 0 Å². The summed E-state index contributed by atoms with van der Waals surface area (Å²) in [5.41, 5.74) is 2.49. The summed E-state index contributed by atoms with van der Waals surface area (Å²) in [4.78, 5) is 8.06. The van der Waals surface area contributed by atoms with Crippen molar-refractivity contribution in [1.29, 1.82) is 0 Å². The first-order chi connectivity index (χ1) is 7.11. The van der Waals surface area contributed by atoms with Crippen molar-refractivity contribution >= 4 is 11.6 Å². The number of nitrogens with zero attached hydrogens (tertiary/aromatic N) is 2. The fourth-order valence-electron chi connectivity index (χ4n) is 1.53. The van der Waals surface area contributed by atoms with Gasteiger partial charge in [0.1, 0.15) is 18.0 Å². The standard InChI is InChI=1S/C10H19N5/c1-7(2)4-8(3)14-9-5-10(15-11)13-6-12-9/h5-8H,4,11H2,1-3H3,(H2,12,13,14,15). The van der Waals surface area contributed by atoms with Gasteiger partial charge in [0.05, 0.1) is 0 Å². The van der Waals surface area contributed by atoms with E-state index in [1.54, 1.807) is 6.07 Å². The number of aromatic nitrogens is 2. The van der Waals surface area contributed by atoms with Crippen molar-refractivity contribution in [2.45, 2.75) is 33.2 Å². The molecule has 5 heteroatoms. The first kappa shape index (κ1) is 11.7. The average Bonchev–Trinajstić information content (AvgIpc) is 2.16. The number of nitrogens with one attached hydrogen (secondary N) is 2. The average molecular weight is 209 g/mol. The molecule has 1 aromatic rings. The van der Waals surface area contributed by atoms with Crippen LogP contribution in [0.1, 0.15) is 27.2 Å². The van der Waals surface area contributed by atoms with E-state index in [1.165, 1.54) is 6.33 Å². The van der Waals surface area contributed by atoms with Gasteiger partial charge in [0, 0.05) is 12.1 Å². The third-order valence-electron chi connectivity index (χ3n) is 2.03. The summed E-state index contributed by atoms with van der Waals surface area (Å²) < 4.78 is 0. The lowest BCUT2D eigenvalue weighted by Gasteiger charge is -2.16. The van der Waals surface area contributed by atoms with Crippen LogP contribution in [0.5, 0.6) is 0 Å². The summed E-state index contributed by atoms with van der Waals surface area (Å²) >= 11 is 0. The molecule has 1 unspecified atom stereocenters. The molecule has 0 aliphatic carbocycles. The normalized spacial score (nSPS) is 12.6. The highest BCUT2D eigenvalue weighted by molar-refractivity contribution is 5.45. The van der Waals surface area contributed by atoms with Crippen molar-refractivity contribution in [2.75, 3.05) is 10.7 Å². The van der Waals surface area contributed by atoms with Crippen LogP contribution in [0.25, 0.3) is 0 Å². The van der Waals surface area contributed by atoms with Crippen molar-refractivity contribution in [3.05, 3.63) is 12.4 Å². The van der Waals surface area contributed by atoms with Gasteiger partial charge in [-0.05, 0) is 19.3 Å². The number of hydrogen-bond donors (Lipinski definition) is 3. The number of nitrogen functional groups attached to an aromatic ring is 1. The molecule has 1 atom stereocenters. The molecule has 5 nitrogen and oxygen atoms in total. The van der Waals surface area contributed by atoms with Crippen molar-refractivity contribution in [2.24, 2.45) is 11.8 Å². The SMILES string of the molecule is CC(C)CC(C)Nc1cc(NN)ncn1. The van der Waals surface area contributed by atoms with E-state index in [4.69, 9.17) is 5.84 Å². The van der Waals surface area contributed by atoms with Gasteiger partial charge in [0.25, 0.3) is 0 Å². The number of hydrogen-bond acceptors (Lipinski definition) is 5. The molecule has 0 saturated heterocycles. The Morgan fingerprint density at radius 2 is 1.93 bits per heavy atom. The fraction of sp³-hybridized carbons (Fsp3) is 0.600. The summed E-state index contributed by atoms with van der Waals surface area (Å²) in [6, 6.07) is 2.18. The summed E-state index contributed by atoms with van der Waals surface area (Å²) in [5.74, 6) is 7.34. The van der Waals surface area contributed by atoms with Gasteiger partial charge in [0.15, 0.2) is 0 Å². The van der Waals surface area contributed by atoms with Crippen molar-refractivity contribution < 1.29 is 0 Å². The van der Waals surface area contributed by atoms with Crippen LogP contribution < -0.4 is 16.6 Å². The predicted molar refractivity (Wildman–Crippen MR) is 62.4 cm³/mol. The molecule has 15 heavy (non-hydrogen) atoms. The van der Waals surface area contributed by atoms with E-state index in [9.17, 15) is 0 Å². The molecule has 1 rings (SSSR count). The Balaban J connectivity index is 2.55. The van der Waals surface area contributed by atoms with Gasteiger partial charge < -0.3 is 10.7 Å². The summed E-state index contributed by atoms with van der Waals surface area (Å²) in [6.07, 6.45) is 2.59. The van der Waals surface area contributed by atoms with Crippen LogP contribution in [0.3, 0.4) is 0 Å². The number of nitrogens with two attached hydrogens (primary N) is 1. The van der Waals surface area contributed by atoms with Crippen molar-refractivity contribution in [3.63, 3.8) is 0 Å². The van der Waals surface area contributed by atoms with Gasteiger partial charge in [0.2, 0.25) is 0 Å². The Labute approximate surface area is 90.5 Å². The highest BCUT2D eigenvalue weighted by Crippen LogP contribution is 2.12. The monoisotopic (exact) mass is 209 g/mol. The number of anilines is 2. The topological polar surface area (TPSA) is 75.9 Å². The minimum absolute atomic E-state index is 0.394. The summed E-state index contributed by atoms with van der Waals surface area (Å²) in [6.45, 7) is 6.54. The zero-order valence-corrected chi connectivity index (χ0v) is 9.49. The molecule has 0 aliphatic heterocycles. The van der Waals surface area contributed by atoms with Gasteiger partial charge in [-0.1, -0.05) is 13.8 Å². The largest absolute Gasteiger partial charge is 0.367 e. The molecule has 0 saturated carbocycles. The lowest BCUT2D eigenvalue weighted by Crippen LogP contribution is -2.18. The van der Waals surface area contributed by atoms with E-state index in [1.807, 2.05) is 0 Å². The minimum atomic E-state index is 0.394. The Bertz CT molecular complexity index is 300. The Morgan fingerprint density at radius 3 is 2.53 bits per heavy atom. The second-order valence-corrected chi connectivity index (χ2v) is 4.11. The smallest absolute Gasteiger partial charge is 0.145 e. The second kappa shape index (κ2) is 5.50. The molecule has 0 fully saturated rings. The van der Waals surface area contributed by atoms with Crippen LogP contribution in [0.4, 0.5) is 11.6 Å². The maximum absolute atomic E-state index is 5.26. The quantitative estimate of drug-likeness (QED) is 0.507. The molecule has 84 valence electrons. The van der Waals surface area contributed by atoms with Gasteiger partial charge in [-0.15, -0.1) is 0 Å². The van der Waals surface area contributed by atoms with E-state index in [0.717, 1.165) is 12.2 Å². The van der Waals surface area contributed by atoms with E-state index in [-0.39, 0.29) is 0 Å². The molecule has 0 amide bonds. The lowest BCUT2D eigenvalue weighted by atomic mass is 10.1. The van der Waals surface area contributed by atoms with Crippen molar-refractivity contribution in [3.8, 4) is 0 Å². The molecular formula is C10H19N5. The predicted octanol–water partition coefficient (Wildman–Crippen LogP) is 1.61. The van der Waals surface area contributed by atoms with Crippen LogP contribution in [-0.4, -0.2) is 16.0 Å². The van der Waals surface area contributed by atoms with Gasteiger partial charge in [-0.3, -0.25) is 0 Å².